The van der Waals surface area contributed by atoms with E-state index < -0.39 is 5.97 Å². The van der Waals surface area contributed by atoms with Crippen LogP contribution in [0.1, 0.15) is 31.6 Å². The minimum Gasteiger partial charge on any atom is -0.481 e. The number of hydrogen-bond donors (Lipinski definition) is 2. The van der Waals surface area contributed by atoms with Crippen LogP contribution in [0, 0.1) is 18.8 Å². The van der Waals surface area contributed by atoms with Gasteiger partial charge in [0.05, 0.1) is 5.39 Å². The molecule has 0 aliphatic carbocycles. The molecule has 0 spiro atoms. The minimum absolute atomic E-state index is 0.104. The van der Waals surface area contributed by atoms with E-state index in [-0.39, 0.29) is 12.3 Å². The molecule has 5 nitrogen and oxygen atoms in total. The largest absolute Gasteiger partial charge is 0.481 e. The zero-order valence-electron chi connectivity index (χ0n) is 12.6. The van der Waals surface area contributed by atoms with Gasteiger partial charge in [-0.25, -0.2) is 9.97 Å². The summed E-state index contributed by atoms with van der Waals surface area (Å²) in [5.41, 5.74) is 0. The fourth-order valence-electron chi connectivity index (χ4n) is 2.51. The highest BCUT2D eigenvalue weighted by Gasteiger charge is 2.16. The number of fused-ring (bicyclic) bond motifs is 1. The fraction of sp³-hybridized carbons (Fsp3) is 0.533. The average molecular weight is 307 g/mol. The Hall–Kier alpha value is -1.69. The number of anilines is 1. The van der Waals surface area contributed by atoms with Crippen molar-refractivity contribution in [2.45, 2.75) is 33.6 Å². The molecule has 114 valence electrons. The van der Waals surface area contributed by atoms with E-state index in [2.05, 4.69) is 35.2 Å². The summed E-state index contributed by atoms with van der Waals surface area (Å²) < 4.78 is 0. The second-order valence-corrected chi connectivity index (χ2v) is 7.01. The molecule has 2 rings (SSSR count). The van der Waals surface area contributed by atoms with E-state index in [0.717, 1.165) is 22.5 Å². The number of nitrogens with one attached hydrogen (secondary N) is 1. The summed E-state index contributed by atoms with van der Waals surface area (Å²) >= 11 is 1.64. The van der Waals surface area contributed by atoms with Gasteiger partial charge in [-0.2, -0.15) is 0 Å². The minimum atomic E-state index is -0.748. The molecule has 0 saturated carbocycles. The van der Waals surface area contributed by atoms with Crippen LogP contribution < -0.4 is 5.32 Å². The summed E-state index contributed by atoms with van der Waals surface area (Å²) in [5, 5.41) is 13.3. The van der Waals surface area contributed by atoms with Crippen molar-refractivity contribution in [2.24, 2.45) is 11.8 Å². The molecule has 1 atom stereocenters. The molecular formula is C15H21N3O2S. The van der Waals surface area contributed by atoms with Gasteiger partial charge in [-0.1, -0.05) is 13.8 Å². The number of aryl methyl sites for hydroxylation is 1. The van der Waals surface area contributed by atoms with E-state index in [1.807, 2.05) is 6.92 Å². The number of carboxylic acids is 1. The van der Waals surface area contributed by atoms with Crippen LogP contribution in [0.3, 0.4) is 0 Å². The maximum Gasteiger partial charge on any atom is 0.303 e. The summed E-state index contributed by atoms with van der Waals surface area (Å²) in [7, 11) is 0. The Kier molecular flexibility index (Phi) is 5.12. The van der Waals surface area contributed by atoms with Gasteiger partial charge in [-0.3, -0.25) is 4.79 Å². The topological polar surface area (TPSA) is 75.1 Å². The smallest absolute Gasteiger partial charge is 0.303 e. The van der Waals surface area contributed by atoms with Gasteiger partial charge in [-0.05, 0) is 31.2 Å². The lowest BCUT2D eigenvalue weighted by Crippen LogP contribution is -2.20. The van der Waals surface area contributed by atoms with Crippen molar-refractivity contribution in [3.05, 3.63) is 17.3 Å². The summed E-state index contributed by atoms with van der Waals surface area (Å²) in [6, 6.07) is 2.07. The van der Waals surface area contributed by atoms with E-state index in [1.165, 1.54) is 4.88 Å². The highest BCUT2D eigenvalue weighted by atomic mass is 32.1. The van der Waals surface area contributed by atoms with Gasteiger partial charge >= 0.3 is 5.97 Å². The van der Waals surface area contributed by atoms with Crippen LogP contribution in [-0.2, 0) is 4.79 Å². The van der Waals surface area contributed by atoms with Crippen molar-refractivity contribution in [1.29, 1.82) is 0 Å². The molecule has 21 heavy (non-hydrogen) atoms. The van der Waals surface area contributed by atoms with E-state index in [1.54, 1.807) is 17.7 Å². The predicted molar refractivity (Wildman–Crippen MR) is 85.8 cm³/mol. The van der Waals surface area contributed by atoms with Crippen LogP contribution in [0.2, 0.25) is 0 Å². The zero-order chi connectivity index (χ0) is 15.4. The van der Waals surface area contributed by atoms with E-state index in [4.69, 9.17) is 5.11 Å². The van der Waals surface area contributed by atoms with E-state index >= 15 is 0 Å². The molecule has 0 aliphatic rings. The summed E-state index contributed by atoms with van der Waals surface area (Å²) in [5.74, 6) is 0.627. The highest BCUT2D eigenvalue weighted by molar-refractivity contribution is 7.18. The molecule has 6 heteroatoms. The fourth-order valence-corrected chi connectivity index (χ4v) is 3.36. The van der Waals surface area contributed by atoms with Gasteiger partial charge in [0.2, 0.25) is 0 Å². The third-order valence-corrected chi connectivity index (χ3v) is 4.24. The Bertz CT molecular complexity index is 624. The van der Waals surface area contributed by atoms with Crippen LogP contribution >= 0.6 is 11.3 Å². The lowest BCUT2D eigenvalue weighted by atomic mass is 9.94. The molecule has 0 aliphatic heterocycles. The van der Waals surface area contributed by atoms with Gasteiger partial charge in [0, 0.05) is 17.8 Å². The van der Waals surface area contributed by atoms with Gasteiger partial charge in [0.15, 0.2) is 0 Å². The van der Waals surface area contributed by atoms with E-state index in [0.29, 0.717) is 12.5 Å². The number of carboxylic acid groups (broad SMARTS) is 1. The average Bonchev–Trinajstić information content (AvgIpc) is 2.75. The maximum atomic E-state index is 11.0. The molecule has 2 aromatic rings. The first-order valence-corrected chi connectivity index (χ1v) is 7.94. The van der Waals surface area contributed by atoms with Crippen molar-refractivity contribution < 1.29 is 9.90 Å². The summed E-state index contributed by atoms with van der Waals surface area (Å²) in [6.07, 6.45) is 2.62. The summed E-state index contributed by atoms with van der Waals surface area (Å²) in [6.45, 7) is 6.88. The van der Waals surface area contributed by atoms with Crippen molar-refractivity contribution >= 4 is 33.3 Å². The molecule has 2 aromatic heterocycles. The zero-order valence-corrected chi connectivity index (χ0v) is 13.4. The van der Waals surface area contributed by atoms with Crippen LogP contribution in [0.15, 0.2) is 12.4 Å². The third-order valence-electron chi connectivity index (χ3n) is 3.28. The molecule has 0 radical (unpaired) electrons. The molecule has 2 heterocycles. The van der Waals surface area contributed by atoms with Gasteiger partial charge in [-0.15, -0.1) is 11.3 Å². The quantitative estimate of drug-likeness (QED) is 0.818. The van der Waals surface area contributed by atoms with Crippen LogP contribution in [0.25, 0.3) is 10.2 Å². The number of carbonyl (C=O) groups is 1. The number of rotatable bonds is 7. The second kappa shape index (κ2) is 6.85. The predicted octanol–water partition coefficient (Wildman–Crippen LogP) is 3.55. The number of nitrogens with zero attached hydrogens (tertiary/aromatic N) is 2. The molecule has 0 amide bonds. The molecule has 0 fully saturated rings. The summed E-state index contributed by atoms with van der Waals surface area (Å²) in [4.78, 5) is 21.7. The Balaban J connectivity index is 2.09. The molecule has 0 saturated heterocycles. The van der Waals surface area contributed by atoms with Gasteiger partial charge in [0.25, 0.3) is 0 Å². The van der Waals surface area contributed by atoms with Crippen molar-refractivity contribution in [3.8, 4) is 0 Å². The standard InChI is InChI=1S/C15H21N3O2S/c1-9(2)4-11(6-13(19)20)7-16-14-12-5-10(3)21-15(12)18-8-17-14/h5,8-9,11H,4,6-7H2,1-3H3,(H,19,20)(H,16,17,18). The van der Waals surface area contributed by atoms with Crippen LogP contribution in [-0.4, -0.2) is 27.6 Å². The number of aliphatic carboxylic acids is 1. The molecule has 0 bridgehead atoms. The SMILES string of the molecule is Cc1cc2c(NCC(CC(=O)O)CC(C)C)ncnc2s1. The van der Waals surface area contributed by atoms with Crippen LogP contribution in [0.4, 0.5) is 5.82 Å². The normalized spacial score (nSPS) is 12.8. The van der Waals surface area contributed by atoms with Crippen LogP contribution in [0.5, 0.6) is 0 Å². The van der Waals surface area contributed by atoms with Crippen molar-refractivity contribution in [1.82, 2.24) is 9.97 Å². The molecule has 2 N–H and O–H groups in total. The van der Waals surface area contributed by atoms with Crippen molar-refractivity contribution in [3.63, 3.8) is 0 Å². The van der Waals surface area contributed by atoms with Gasteiger partial charge in [0.1, 0.15) is 17.0 Å². The lowest BCUT2D eigenvalue weighted by molar-refractivity contribution is -0.138. The first-order chi connectivity index (χ1) is 9.95. The Morgan fingerprint density at radius 3 is 2.86 bits per heavy atom. The Morgan fingerprint density at radius 1 is 1.43 bits per heavy atom. The Labute approximate surface area is 128 Å². The maximum absolute atomic E-state index is 11.0. The monoisotopic (exact) mass is 307 g/mol. The molecular weight excluding hydrogens is 286 g/mol. The Morgan fingerprint density at radius 2 is 2.19 bits per heavy atom. The highest BCUT2D eigenvalue weighted by Crippen LogP contribution is 2.28. The van der Waals surface area contributed by atoms with Crippen molar-refractivity contribution in [2.75, 3.05) is 11.9 Å². The number of thiophene rings is 1. The third kappa shape index (κ3) is 4.39. The first-order valence-electron chi connectivity index (χ1n) is 7.12. The second-order valence-electron chi connectivity index (χ2n) is 5.77. The molecule has 0 aromatic carbocycles. The molecule has 1 unspecified atom stereocenters. The van der Waals surface area contributed by atoms with E-state index in [9.17, 15) is 4.79 Å². The van der Waals surface area contributed by atoms with Gasteiger partial charge < -0.3 is 10.4 Å². The number of hydrogen-bond acceptors (Lipinski definition) is 5. The lowest BCUT2D eigenvalue weighted by Gasteiger charge is -2.18. The first kappa shape index (κ1) is 15.7. The number of aromatic nitrogens is 2.